The zero-order valence-electron chi connectivity index (χ0n) is 12.2. The van der Waals surface area contributed by atoms with Crippen molar-refractivity contribution in [3.63, 3.8) is 0 Å². The first-order valence-corrected chi connectivity index (χ1v) is 7.49. The molecule has 2 aromatic heterocycles. The number of amides is 1. The Bertz CT molecular complexity index is 663. The molecule has 6 heteroatoms. The highest BCUT2D eigenvalue weighted by Gasteiger charge is 2.46. The second-order valence-electron chi connectivity index (χ2n) is 5.97. The lowest BCUT2D eigenvalue weighted by Gasteiger charge is -2.21. The second kappa shape index (κ2) is 5.46. The highest BCUT2D eigenvalue weighted by molar-refractivity contribution is 5.97. The monoisotopic (exact) mass is 295 g/mol. The third kappa shape index (κ3) is 2.35. The van der Waals surface area contributed by atoms with Crippen molar-refractivity contribution < 1.29 is 4.79 Å². The van der Waals surface area contributed by atoms with Crippen molar-refractivity contribution in [1.29, 1.82) is 0 Å². The van der Waals surface area contributed by atoms with Crippen molar-refractivity contribution >= 4 is 11.6 Å². The van der Waals surface area contributed by atoms with Crippen LogP contribution in [0.15, 0.2) is 43.2 Å². The van der Waals surface area contributed by atoms with Gasteiger partial charge in [0, 0.05) is 44.5 Å². The molecule has 2 aliphatic heterocycles. The molecule has 22 heavy (non-hydrogen) atoms. The molecule has 112 valence electrons. The van der Waals surface area contributed by atoms with Gasteiger partial charge >= 0.3 is 0 Å². The zero-order valence-corrected chi connectivity index (χ0v) is 12.2. The van der Waals surface area contributed by atoms with Crippen LogP contribution in [0.4, 0.5) is 5.69 Å². The topological polar surface area (TPSA) is 62.2 Å². The summed E-state index contributed by atoms with van der Waals surface area (Å²) < 4.78 is 0. The third-order valence-corrected chi connectivity index (χ3v) is 4.50. The van der Waals surface area contributed by atoms with E-state index < -0.39 is 0 Å². The van der Waals surface area contributed by atoms with E-state index in [0.29, 0.717) is 5.92 Å². The second-order valence-corrected chi connectivity index (χ2v) is 5.97. The van der Waals surface area contributed by atoms with Crippen LogP contribution in [-0.4, -0.2) is 45.4 Å². The van der Waals surface area contributed by atoms with E-state index in [-0.39, 0.29) is 11.8 Å². The van der Waals surface area contributed by atoms with Gasteiger partial charge in [0.1, 0.15) is 6.33 Å². The number of nitrogens with zero attached hydrogens (tertiary/aromatic N) is 5. The number of aromatic nitrogens is 3. The van der Waals surface area contributed by atoms with Crippen molar-refractivity contribution in [1.82, 2.24) is 19.9 Å². The van der Waals surface area contributed by atoms with Crippen molar-refractivity contribution in [2.75, 3.05) is 24.5 Å². The maximum atomic E-state index is 12.6. The van der Waals surface area contributed by atoms with Gasteiger partial charge in [-0.25, -0.2) is 9.97 Å². The van der Waals surface area contributed by atoms with Crippen LogP contribution < -0.4 is 4.90 Å². The quantitative estimate of drug-likeness (QED) is 0.844. The Morgan fingerprint density at radius 1 is 1.09 bits per heavy atom. The highest BCUT2D eigenvalue weighted by atomic mass is 16.2. The van der Waals surface area contributed by atoms with Crippen LogP contribution in [0, 0.1) is 11.8 Å². The van der Waals surface area contributed by atoms with Gasteiger partial charge in [0.2, 0.25) is 5.91 Å². The van der Waals surface area contributed by atoms with Crippen LogP contribution in [0.25, 0.3) is 0 Å². The summed E-state index contributed by atoms with van der Waals surface area (Å²) in [7, 11) is 0. The van der Waals surface area contributed by atoms with E-state index in [0.717, 1.165) is 31.9 Å². The van der Waals surface area contributed by atoms with Gasteiger partial charge in [-0.1, -0.05) is 6.07 Å². The summed E-state index contributed by atoms with van der Waals surface area (Å²) in [6.45, 7) is 3.40. The van der Waals surface area contributed by atoms with E-state index in [1.54, 1.807) is 18.6 Å². The maximum absolute atomic E-state index is 12.6. The van der Waals surface area contributed by atoms with E-state index >= 15 is 0 Å². The highest BCUT2D eigenvalue weighted by Crippen LogP contribution is 2.35. The summed E-state index contributed by atoms with van der Waals surface area (Å²) in [6, 6.07) is 4.03. The van der Waals surface area contributed by atoms with E-state index in [2.05, 4.69) is 25.9 Å². The number of hydrogen-bond acceptors (Lipinski definition) is 5. The number of likely N-dealkylation sites (tertiary alicyclic amines) is 1. The standard InChI is InChI=1S/C16H17N5O/c22-16-15-10-20(7-12-2-1-3-17-4-12)8-13(15)9-21(16)14-5-18-11-19-6-14/h1-6,11,13,15H,7-10H2/t13-,15-/m0/s1. The molecule has 2 aromatic rings. The summed E-state index contributed by atoms with van der Waals surface area (Å²) in [5.74, 6) is 0.690. The predicted octanol–water partition coefficient (Wildman–Crippen LogP) is 0.966. The molecule has 2 fully saturated rings. The molecule has 0 unspecified atom stereocenters. The number of hydrogen-bond donors (Lipinski definition) is 0. The van der Waals surface area contributed by atoms with Gasteiger partial charge in [0.05, 0.1) is 24.0 Å². The predicted molar refractivity (Wildman–Crippen MR) is 80.9 cm³/mol. The Kier molecular flexibility index (Phi) is 3.31. The molecule has 6 nitrogen and oxygen atoms in total. The smallest absolute Gasteiger partial charge is 0.231 e. The fourth-order valence-electron chi connectivity index (χ4n) is 3.49. The molecular formula is C16H17N5O. The summed E-state index contributed by atoms with van der Waals surface area (Å²) in [4.78, 5) is 29.0. The largest absolute Gasteiger partial charge is 0.309 e. The number of pyridine rings is 1. The van der Waals surface area contributed by atoms with Crippen LogP contribution in [0.2, 0.25) is 0 Å². The van der Waals surface area contributed by atoms with Crippen LogP contribution in [0.3, 0.4) is 0 Å². The number of carbonyl (C=O) groups excluding carboxylic acids is 1. The van der Waals surface area contributed by atoms with Gasteiger partial charge in [-0.3, -0.25) is 14.7 Å². The average Bonchev–Trinajstić information content (AvgIpc) is 3.08. The normalized spacial score (nSPS) is 24.7. The molecule has 0 spiro atoms. The Labute approximate surface area is 128 Å². The van der Waals surface area contributed by atoms with Crippen LogP contribution in [0.5, 0.6) is 0 Å². The molecule has 0 saturated carbocycles. The summed E-state index contributed by atoms with van der Waals surface area (Å²) in [5.41, 5.74) is 2.00. The van der Waals surface area contributed by atoms with Crippen molar-refractivity contribution in [3.8, 4) is 0 Å². The summed E-state index contributed by atoms with van der Waals surface area (Å²) >= 11 is 0. The first-order chi connectivity index (χ1) is 10.8. The first-order valence-electron chi connectivity index (χ1n) is 7.49. The first kappa shape index (κ1) is 13.3. The van der Waals surface area contributed by atoms with E-state index in [1.165, 1.54) is 11.9 Å². The lowest BCUT2D eigenvalue weighted by molar-refractivity contribution is -0.120. The van der Waals surface area contributed by atoms with E-state index in [9.17, 15) is 4.79 Å². The van der Waals surface area contributed by atoms with Crippen LogP contribution >= 0.6 is 0 Å². The lowest BCUT2D eigenvalue weighted by Crippen LogP contribution is -2.32. The molecule has 2 saturated heterocycles. The van der Waals surface area contributed by atoms with Gasteiger partial charge < -0.3 is 4.90 Å². The van der Waals surface area contributed by atoms with Crippen molar-refractivity contribution in [3.05, 3.63) is 48.8 Å². The molecule has 0 aromatic carbocycles. The van der Waals surface area contributed by atoms with Gasteiger partial charge in [0.25, 0.3) is 0 Å². The summed E-state index contributed by atoms with van der Waals surface area (Å²) in [6.07, 6.45) is 8.58. The number of carbonyl (C=O) groups is 1. The summed E-state index contributed by atoms with van der Waals surface area (Å²) in [5, 5.41) is 0. The molecule has 2 aliphatic rings. The average molecular weight is 295 g/mol. The van der Waals surface area contributed by atoms with Crippen molar-refractivity contribution in [2.24, 2.45) is 11.8 Å². The molecule has 0 bridgehead atoms. The molecule has 4 heterocycles. The Hall–Kier alpha value is -2.34. The van der Waals surface area contributed by atoms with E-state index in [1.807, 2.05) is 17.2 Å². The Morgan fingerprint density at radius 2 is 1.95 bits per heavy atom. The lowest BCUT2D eigenvalue weighted by atomic mass is 10.0. The van der Waals surface area contributed by atoms with Crippen LogP contribution in [-0.2, 0) is 11.3 Å². The molecule has 2 atom stereocenters. The molecule has 1 amide bonds. The zero-order chi connectivity index (χ0) is 14.9. The minimum atomic E-state index is 0.0943. The van der Waals surface area contributed by atoms with Gasteiger partial charge in [0.15, 0.2) is 0 Å². The molecule has 0 radical (unpaired) electrons. The molecule has 4 rings (SSSR count). The van der Waals surface area contributed by atoms with E-state index in [4.69, 9.17) is 0 Å². The number of fused-ring (bicyclic) bond motifs is 1. The number of rotatable bonds is 3. The molecule has 0 N–H and O–H groups in total. The number of anilines is 1. The molecular weight excluding hydrogens is 278 g/mol. The van der Waals surface area contributed by atoms with Crippen molar-refractivity contribution in [2.45, 2.75) is 6.54 Å². The van der Waals surface area contributed by atoms with Crippen LogP contribution in [0.1, 0.15) is 5.56 Å². The fourth-order valence-corrected chi connectivity index (χ4v) is 3.49. The molecule has 0 aliphatic carbocycles. The minimum Gasteiger partial charge on any atom is -0.309 e. The van der Waals surface area contributed by atoms with Gasteiger partial charge in [-0.2, -0.15) is 0 Å². The third-order valence-electron chi connectivity index (χ3n) is 4.50. The minimum absolute atomic E-state index is 0.0943. The Balaban J connectivity index is 1.44. The Morgan fingerprint density at radius 3 is 2.68 bits per heavy atom. The fraction of sp³-hybridized carbons (Fsp3) is 0.375. The van der Waals surface area contributed by atoms with Gasteiger partial charge in [-0.15, -0.1) is 0 Å². The maximum Gasteiger partial charge on any atom is 0.231 e. The SMILES string of the molecule is O=C1[C@H]2CN(Cc3cccnc3)C[C@H]2CN1c1cncnc1. The van der Waals surface area contributed by atoms with Gasteiger partial charge in [-0.05, 0) is 11.6 Å².